The number of amides is 3. The standard InChI is InChI=1S/C27H31Cl3N4O4S/c28-19-6-7-20(22(30)14-19)27-34(17-25(36)31-8-3-9-33-10-12-38-13-11-33)26(37)23(39-27)15-24(35)32-16-18-4-1-2-5-21(18)29/h1-2,4-7,14,23,27H,3,8-13,15-17H2,(H,31,36)(H,32,35)/t23-,27-/m1/s1. The maximum absolute atomic E-state index is 13.4. The van der Waals surface area contributed by atoms with Crippen LogP contribution in [-0.4, -0.2) is 78.7 Å². The molecule has 210 valence electrons. The fourth-order valence-corrected chi connectivity index (χ4v) is 6.74. The molecular weight excluding hydrogens is 583 g/mol. The molecule has 2 N–H and O–H groups in total. The zero-order valence-electron chi connectivity index (χ0n) is 21.3. The molecule has 0 bridgehead atoms. The highest BCUT2D eigenvalue weighted by Crippen LogP contribution is 2.46. The van der Waals surface area contributed by atoms with Gasteiger partial charge in [0.25, 0.3) is 0 Å². The summed E-state index contributed by atoms with van der Waals surface area (Å²) in [5.74, 6) is -0.826. The second kappa shape index (κ2) is 14.6. The lowest BCUT2D eigenvalue weighted by Gasteiger charge is -2.26. The lowest BCUT2D eigenvalue weighted by molar-refractivity contribution is -0.136. The Hall–Kier alpha value is -2.01. The summed E-state index contributed by atoms with van der Waals surface area (Å²) in [6.07, 6.45) is 0.766. The molecule has 0 unspecified atom stereocenters. The number of hydrogen-bond donors (Lipinski definition) is 2. The van der Waals surface area contributed by atoms with Gasteiger partial charge in [0.1, 0.15) is 11.9 Å². The Balaban J connectivity index is 1.36. The van der Waals surface area contributed by atoms with Crippen molar-refractivity contribution >= 4 is 64.3 Å². The highest BCUT2D eigenvalue weighted by Gasteiger charge is 2.43. The van der Waals surface area contributed by atoms with Gasteiger partial charge >= 0.3 is 0 Å². The number of morpholine rings is 1. The molecule has 0 saturated carbocycles. The normalized spacial score (nSPS) is 19.8. The van der Waals surface area contributed by atoms with Gasteiger partial charge in [-0.05, 0) is 36.7 Å². The van der Waals surface area contributed by atoms with Crippen LogP contribution in [-0.2, 0) is 25.7 Å². The number of nitrogens with one attached hydrogen (secondary N) is 2. The summed E-state index contributed by atoms with van der Waals surface area (Å²) in [7, 11) is 0. The Morgan fingerprint density at radius 1 is 1.00 bits per heavy atom. The molecule has 2 atom stereocenters. The summed E-state index contributed by atoms with van der Waals surface area (Å²) in [6, 6.07) is 12.3. The fraction of sp³-hybridized carbons (Fsp3) is 0.444. The van der Waals surface area contributed by atoms with Crippen LogP contribution in [0, 0.1) is 0 Å². The Morgan fingerprint density at radius 2 is 1.77 bits per heavy atom. The molecule has 2 heterocycles. The number of carbonyl (C=O) groups excluding carboxylic acids is 3. The molecule has 4 rings (SSSR count). The molecule has 3 amide bonds. The summed E-state index contributed by atoms with van der Waals surface area (Å²) < 4.78 is 5.36. The van der Waals surface area contributed by atoms with Crippen LogP contribution in [0.1, 0.15) is 29.3 Å². The van der Waals surface area contributed by atoms with Crippen LogP contribution in [0.4, 0.5) is 0 Å². The average molecular weight is 614 g/mol. The Morgan fingerprint density at radius 3 is 2.51 bits per heavy atom. The summed E-state index contributed by atoms with van der Waals surface area (Å²) in [4.78, 5) is 42.8. The van der Waals surface area contributed by atoms with Crippen molar-refractivity contribution < 1.29 is 19.1 Å². The second-order valence-electron chi connectivity index (χ2n) is 9.34. The van der Waals surface area contributed by atoms with Crippen molar-refractivity contribution in [1.29, 1.82) is 0 Å². The number of halogens is 3. The van der Waals surface area contributed by atoms with Crippen LogP contribution in [0.3, 0.4) is 0 Å². The Bertz CT molecular complexity index is 1180. The third kappa shape index (κ3) is 8.49. The predicted octanol–water partition coefficient (Wildman–Crippen LogP) is 4.13. The third-order valence-corrected chi connectivity index (χ3v) is 8.95. The summed E-state index contributed by atoms with van der Waals surface area (Å²) >= 11 is 20.1. The van der Waals surface area contributed by atoms with E-state index < -0.39 is 10.6 Å². The molecule has 8 nitrogen and oxygen atoms in total. The number of hydrogen-bond acceptors (Lipinski definition) is 6. The number of ether oxygens (including phenoxy) is 1. The van der Waals surface area contributed by atoms with Gasteiger partial charge in [-0.15, -0.1) is 11.8 Å². The Labute approximate surface area is 247 Å². The maximum Gasteiger partial charge on any atom is 0.239 e. The van der Waals surface area contributed by atoms with E-state index in [1.165, 1.54) is 16.7 Å². The van der Waals surface area contributed by atoms with Crippen LogP contribution in [0.25, 0.3) is 0 Å². The molecule has 39 heavy (non-hydrogen) atoms. The van der Waals surface area contributed by atoms with Crippen molar-refractivity contribution in [2.24, 2.45) is 0 Å². The third-order valence-electron chi connectivity index (χ3n) is 6.56. The average Bonchev–Trinajstić information content (AvgIpc) is 3.21. The number of nitrogens with zero attached hydrogens (tertiary/aromatic N) is 2. The molecule has 0 aromatic heterocycles. The van der Waals surface area contributed by atoms with Crippen molar-refractivity contribution in [3.8, 4) is 0 Å². The van der Waals surface area contributed by atoms with Crippen LogP contribution < -0.4 is 10.6 Å². The smallest absolute Gasteiger partial charge is 0.239 e. The number of thioether (sulfide) groups is 1. The van der Waals surface area contributed by atoms with Gasteiger partial charge in [0.05, 0.1) is 18.5 Å². The molecule has 2 aromatic carbocycles. The number of carbonyl (C=O) groups is 3. The molecular formula is C27H31Cl3N4O4S. The van der Waals surface area contributed by atoms with E-state index in [2.05, 4.69) is 15.5 Å². The monoisotopic (exact) mass is 612 g/mol. The Kier molecular flexibility index (Phi) is 11.2. The van der Waals surface area contributed by atoms with Crippen LogP contribution in [0.15, 0.2) is 42.5 Å². The van der Waals surface area contributed by atoms with Gasteiger partial charge in [0.2, 0.25) is 17.7 Å². The quantitative estimate of drug-likeness (QED) is 0.371. The van der Waals surface area contributed by atoms with Gasteiger partial charge in [-0.25, -0.2) is 0 Å². The van der Waals surface area contributed by atoms with Gasteiger partial charge in [-0.2, -0.15) is 0 Å². The minimum absolute atomic E-state index is 0.0344. The largest absolute Gasteiger partial charge is 0.379 e. The van der Waals surface area contributed by atoms with E-state index >= 15 is 0 Å². The van der Waals surface area contributed by atoms with Gasteiger partial charge in [0, 0.05) is 53.2 Å². The molecule has 2 aliphatic rings. The van der Waals surface area contributed by atoms with E-state index in [1.54, 1.807) is 24.3 Å². The summed E-state index contributed by atoms with van der Waals surface area (Å²) in [5.41, 5.74) is 1.45. The first-order valence-corrected chi connectivity index (χ1v) is 14.9. The molecule has 2 fully saturated rings. The van der Waals surface area contributed by atoms with E-state index in [-0.39, 0.29) is 37.2 Å². The number of benzene rings is 2. The van der Waals surface area contributed by atoms with Crippen LogP contribution >= 0.6 is 46.6 Å². The fourth-order valence-electron chi connectivity index (χ4n) is 4.47. The predicted molar refractivity (Wildman–Crippen MR) is 155 cm³/mol. The SMILES string of the molecule is O=C(C[C@H]1S[C@H](c2ccc(Cl)cc2Cl)N(CC(=O)NCCCN2CCOCC2)C1=O)NCc1ccccc1Cl. The topological polar surface area (TPSA) is 91.0 Å². The lowest BCUT2D eigenvalue weighted by atomic mass is 10.1. The second-order valence-corrected chi connectivity index (χ2v) is 11.9. The van der Waals surface area contributed by atoms with Crippen molar-refractivity contribution in [1.82, 2.24) is 20.4 Å². The van der Waals surface area contributed by atoms with Crippen molar-refractivity contribution in [2.75, 3.05) is 45.9 Å². The first-order valence-electron chi connectivity index (χ1n) is 12.8. The zero-order valence-corrected chi connectivity index (χ0v) is 24.4. The molecule has 0 spiro atoms. The zero-order chi connectivity index (χ0) is 27.8. The van der Waals surface area contributed by atoms with Gasteiger partial charge in [-0.3, -0.25) is 19.3 Å². The van der Waals surface area contributed by atoms with E-state index in [1.807, 2.05) is 18.2 Å². The molecule has 2 saturated heterocycles. The van der Waals surface area contributed by atoms with E-state index in [4.69, 9.17) is 39.5 Å². The maximum atomic E-state index is 13.4. The molecule has 2 aliphatic heterocycles. The first-order chi connectivity index (χ1) is 18.8. The van der Waals surface area contributed by atoms with E-state index in [9.17, 15) is 14.4 Å². The number of rotatable bonds is 11. The minimum Gasteiger partial charge on any atom is -0.379 e. The first kappa shape index (κ1) is 30.0. The van der Waals surface area contributed by atoms with Gasteiger partial charge in [-0.1, -0.05) is 59.1 Å². The molecule has 0 radical (unpaired) electrons. The van der Waals surface area contributed by atoms with Crippen LogP contribution in [0.2, 0.25) is 15.1 Å². The highest BCUT2D eigenvalue weighted by molar-refractivity contribution is 8.01. The summed E-state index contributed by atoms with van der Waals surface area (Å²) in [6.45, 7) is 4.75. The van der Waals surface area contributed by atoms with Gasteiger partial charge in [0.15, 0.2) is 0 Å². The van der Waals surface area contributed by atoms with Gasteiger partial charge < -0.3 is 20.3 Å². The minimum atomic E-state index is -0.665. The molecule has 12 heteroatoms. The van der Waals surface area contributed by atoms with Crippen molar-refractivity contribution in [3.63, 3.8) is 0 Å². The van der Waals surface area contributed by atoms with E-state index in [0.717, 1.165) is 44.8 Å². The summed E-state index contributed by atoms with van der Waals surface area (Å²) in [5, 5.41) is 5.99. The van der Waals surface area contributed by atoms with Crippen molar-refractivity contribution in [2.45, 2.75) is 30.0 Å². The van der Waals surface area contributed by atoms with E-state index in [0.29, 0.717) is 27.2 Å². The molecule has 0 aliphatic carbocycles. The highest BCUT2D eigenvalue weighted by atomic mass is 35.5. The van der Waals surface area contributed by atoms with Crippen LogP contribution in [0.5, 0.6) is 0 Å². The molecule has 2 aromatic rings. The van der Waals surface area contributed by atoms with Crippen molar-refractivity contribution in [3.05, 3.63) is 68.7 Å². The lowest BCUT2D eigenvalue weighted by Crippen LogP contribution is -2.42.